The lowest BCUT2D eigenvalue weighted by Gasteiger charge is -2.34. The molecule has 2 heterocycles. The number of nitrogens with zero attached hydrogens (tertiary/aromatic N) is 3. The zero-order chi connectivity index (χ0) is 21.5. The zero-order valence-electron chi connectivity index (χ0n) is 18.3. The number of benzene rings is 1. The molecule has 4 rings (SSSR count). The average molecular weight is 440 g/mol. The average Bonchev–Trinajstić information content (AvgIpc) is 3.03. The number of para-hydroxylation sites is 1. The second-order valence-electron chi connectivity index (χ2n) is 8.63. The van der Waals surface area contributed by atoms with Crippen LogP contribution in [0.4, 0.5) is 11.8 Å². The molecular weight excluding hydrogens is 406 g/mol. The second-order valence-corrected chi connectivity index (χ2v) is 9.04. The van der Waals surface area contributed by atoms with Gasteiger partial charge in [-0.3, -0.25) is 0 Å². The maximum atomic E-state index is 6.05. The maximum Gasteiger partial charge on any atom is 0.234 e. The quantitative estimate of drug-likeness (QED) is 0.460. The molecule has 2 aliphatic rings. The van der Waals surface area contributed by atoms with E-state index in [1.165, 1.54) is 44.9 Å². The second kappa shape index (κ2) is 10.8. The smallest absolute Gasteiger partial charge is 0.234 e. The van der Waals surface area contributed by atoms with Crippen molar-refractivity contribution in [3.8, 4) is 11.6 Å². The fraction of sp³-hybridized carbons (Fsp3) is 0.542. The SMILES string of the molecule is C[C@H]1CCCCN1c1cc(Oc2ccccc2)nc(NC(=S)NC2CCCCCC2)n1. The summed E-state index contributed by atoms with van der Waals surface area (Å²) in [7, 11) is 0. The summed E-state index contributed by atoms with van der Waals surface area (Å²) in [5.74, 6) is 2.64. The molecule has 1 aromatic heterocycles. The molecule has 0 amide bonds. The molecule has 1 aliphatic heterocycles. The van der Waals surface area contributed by atoms with Crippen molar-refractivity contribution >= 4 is 29.1 Å². The van der Waals surface area contributed by atoms with Crippen molar-refractivity contribution in [1.82, 2.24) is 15.3 Å². The van der Waals surface area contributed by atoms with E-state index in [9.17, 15) is 0 Å². The van der Waals surface area contributed by atoms with Gasteiger partial charge in [-0.25, -0.2) is 0 Å². The topological polar surface area (TPSA) is 62.3 Å². The fourth-order valence-corrected chi connectivity index (χ4v) is 4.72. The Hall–Kier alpha value is -2.41. The van der Waals surface area contributed by atoms with Gasteiger partial charge in [-0.1, -0.05) is 43.9 Å². The Balaban J connectivity index is 1.52. The van der Waals surface area contributed by atoms with Crippen LogP contribution in [0.25, 0.3) is 0 Å². The number of hydrogen-bond acceptors (Lipinski definition) is 5. The van der Waals surface area contributed by atoms with Crippen LogP contribution in [0.1, 0.15) is 64.7 Å². The van der Waals surface area contributed by atoms with E-state index in [4.69, 9.17) is 21.9 Å². The Kier molecular flexibility index (Phi) is 7.57. The minimum atomic E-state index is 0.424. The number of anilines is 2. The summed E-state index contributed by atoms with van der Waals surface area (Å²) in [5, 5.41) is 7.28. The van der Waals surface area contributed by atoms with Crippen LogP contribution in [-0.4, -0.2) is 33.7 Å². The highest BCUT2D eigenvalue weighted by molar-refractivity contribution is 7.80. The number of hydrogen-bond donors (Lipinski definition) is 2. The molecule has 0 unspecified atom stereocenters. The van der Waals surface area contributed by atoms with E-state index in [0.29, 0.717) is 29.0 Å². The molecule has 2 aromatic rings. The summed E-state index contributed by atoms with van der Waals surface area (Å²) < 4.78 is 6.05. The van der Waals surface area contributed by atoms with E-state index >= 15 is 0 Å². The Morgan fingerprint density at radius 1 is 1.00 bits per heavy atom. The first-order chi connectivity index (χ1) is 15.2. The van der Waals surface area contributed by atoms with Gasteiger partial charge in [-0.2, -0.15) is 9.97 Å². The standard InChI is InChI=1S/C24H33N5OS/c1-18-11-9-10-16-29(18)21-17-22(30-20-14-7-4-8-15-20)27-23(26-21)28-24(31)25-19-12-5-2-3-6-13-19/h4,7-8,14-15,17-19H,2-3,5-6,9-13,16H2,1H3,(H2,25,26,27,28,31)/t18-/m0/s1. The van der Waals surface area contributed by atoms with Gasteiger partial charge in [0.2, 0.25) is 11.8 Å². The van der Waals surface area contributed by atoms with Crippen molar-refractivity contribution in [3.63, 3.8) is 0 Å². The van der Waals surface area contributed by atoms with Gasteiger partial charge >= 0.3 is 0 Å². The molecule has 166 valence electrons. The number of nitrogens with one attached hydrogen (secondary N) is 2. The van der Waals surface area contributed by atoms with Gasteiger partial charge in [0, 0.05) is 24.7 Å². The van der Waals surface area contributed by atoms with Crippen LogP contribution in [-0.2, 0) is 0 Å². The third-order valence-corrected chi connectivity index (χ3v) is 6.39. The highest BCUT2D eigenvalue weighted by Crippen LogP contribution is 2.29. The third-order valence-electron chi connectivity index (χ3n) is 6.17. The van der Waals surface area contributed by atoms with Crippen LogP contribution < -0.4 is 20.3 Å². The Labute approximate surface area is 190 Å². The predicted molar refractivity (Wildman–Crippen MR) is 130 cm³/mol. The molecule has 31 heavy (non-hydrogen) atoms. The molecule has 2 N–H and O–H groups in total. The lowest BCUT2D eigenvalue weighted by molar-refractivity contribution is 0.457. The van der Waals surface area contributed by atoms with E-state index in [2.05, 4.69) is 27.4 Å². The number of ether oxygens (including phenoxy) is 1. The van der Waals surface area contributed by atoms with Crippen molar-refractivity contribution in [3.05, 3.63) is 36.4 Å². The Morgan fingerprint density at radius 3 is 2.48 bits per heavy atom. The summed E-state index contributed by atoms with van der Waals surface area (Å²) in [6.45, 7) is 3.25. The lowest BCUT2D eigenvalue weighted by Crippen LogP contribution is -2.39. The molecule has 1 atom stereocenters. The number of rotatable bonds is 5. The molecule has 1 aromatic carbocycles. The minimum absolute atomic E-state index is 0.424. The normalized spacial score (nSPS) is 20.0. The van der Waals surface area contributed by atoms with Crippen LogP contribution in [0.5, 0.6) is 11.6 Å². The molecule has 0 radical (unpaired) electrons. The zero-order valence-corrected chi connectivity index (χ0v) is 19.2. The van der Waals surface area contributed by atoms with E-state index < -0.39 is 0 Å². The maximum absolute atomic E-state index is 6.05. The van der Waals surface area contributed by atoms with E-state index in [1.54, 1.807) is 0 Å². The monoisotopic (exact) mass is 439 g/mol. The highest BCUT2D eigenvalue weighted by atomic mass is 32.1. The summed E-state index contributed by atoms with van der Waals surface area (Å²) in [5.41, 5.74) is 0. The summed E-state index contributed by atoms with van der Waals surface area (Å²) >= 11 is 5.60. The highest BCUT2D eigenvalue weighted by Gasteiger charge is 2.22. The van der Waals surface area contributed by atoms with Crippen LogP contribution in [0, 0.1) is 0 Å². The lowest BCUT2D eigenvalue weighted by atomic mass is 10.0. The summed E-state index contributed by atoms with van der Waals surface area (Å²) in [4.78, 5) is 11.7. The molecule has 1 saturated heterocycles. The van der Waals surface area contributed by atoms with Crippen LogP contribution in [0.15, 0.2) is 36.4 Å². The number of aromatic nitrogens is 2. The molecule has 0 bridgehead atoms. The van der Waals surface area contributed by atoms with Gasteiger partial charge in [-0.15, -0.1) is 0 Å². The van der Waals surface area contributed by atoms with Gasteiger partial charge in [0.15, 0.2) is 5.11 Å². The summed E-state index contributed by atoms with van der Waals surface area (Å²) in [6.07, 6.45) is 11.1. The molecule has 6 nitrogen and oxygen atoms in total. The van der Waals surface area contributed by atoms with Gasteiger partial charge in [0.1, 0.15) is 11.6 Å². The van der Waals surface area contributed by atoms with Gasteiger partial charge < -0.3 is 20.3 Å². The molecule has 0 spiro atoms. The molecule has 7 heteroatoms. The largest absolute Gasteiger partial charge is 0.439 e. The minimum Gasteiger partial charge on any atom is -0.439 e. The Bertz CT molecular complexity index is 854. The number of piperidine rings is 1. The van der Waals surface area contributed by atoms with E-state index in [0.717, 1.165) is 31.0 Å². The van der Waals surface area contributed by atoms with Gasteiger partial charge in [0.05, 0.1) is 0 Å². The van der Waals surface area contributed by atoms with Crippen LogP contribution >= 0.6 is 12.2 Å². The fourth-order valence-electron chi connectivity index (χ4n) is 4.46. The van der Waals surface area contributed by atoms with Crippen molar-refractivity contribution in [2.24, 2.45) is 0 Å². The van der Waals surface area contributed by atoms with Gasteiger partial charge in [-0.05, 0) is 63.4 Å². The third kappa shape index (κ3) is 6.29. The first kappa shape index (κ1) is 21.8. The van der Waals surface area contributed by atoms with Crippen molar-refractivity contribution < 1.29 is 4.74 Å². The van der Waals surface area contributed by atoms with Crippen LogP contribution in [0.3, 0.4) is 0 Å². The molecule has 1 aliphatic carbocycles. The van der Waals surface area contributed by atoms with E-state index in [-0.39, 0.29) is 0 Å². The molecule has 1 saturated carbocycles. The summed E-state index contributed by atoms with van der Waals surface area (Å²) in [6, 6.07) is 12.5. The van der Waals surface area contributed by atoms with Crippen LogP contribution in [0.2, 0.25) is 0 Å². The van der Waals surface area contributed by atoms with Crippen molar-refractivity contribution in [2.45, 2.75) is 76.8 Å². The molecule has 2 fully saturated rings. The van der Waals surface area contributed by atoms with Gasteiger partial charge in [0.25, 0.3) is 0 Å². The molecular formula is C24H33N5OS. The van der Waals surface area contributed by atoms with Crippen molar-refractivity contribution in [2.75, 3.05) is 16.8 Å². The Morgan fingerprint density at radius 2 is 1.74 bits per heavy atom. The first-order valence-electron chi connectivity index (χ1n) is 11.6. The predicted octanol–water partition coefficient (Wildman–Crippen LogP) is 5.66. The first-order valence-corrected chi connectivity index (χ1v) is 12.0. The number of thiocarbonyl (C=S) groups is 1. The van der Waals surface area contributed by atoms with E-state index in [1.807, 2.05) is 36.4 Å². The van der Waals surface area contributed by atoms with Crippen molar-refractivity contribution in [1.29, 1.82) is 0 Å².